The topological polar surface area (TPSA) is 61.0 Å². The highest BCUT2D eigenvalue weighted by Gasteiger charge is 2.14. The molecule has 0 radical (unpaired) electrons. The van der Waals surface area contributed by atoms with Crippen LogP contribution in [0.4, 0.5) is 0 Å². The first-order valence-electron chi connectivity index (χ1n) is 5.54. The van der Waals surface area contributed by atoms with E-state index in [0.29, 0.717) is 6.54 Å². The van der Waals surface area contributed by atoms with Gasteiger partial charge in [0.15, 0.2) is 4.34 Å². The number of hydrogen-bond acceptors (Lipinski definition) is 6. The molecule has 0 saturated carbocycles. The average molecular weight is 281 g/mol. The minimum Gasteiger partial charge on any atom is -0.497 e. The lowest BCUT2D eigenvalue weighted by Gasteiger charge is -2.13. The number of thioether (sulfide) groups is 1. The summed E-state index contributed by atoms with van der Waals surface area (Å²) in [6.45, 7) is 2.46. The third-order valence-electron chi connectivity index (χ3n) is 2.45. The average Bonchev–Trinajstić information content (AvgIpc) is 2.82. The minimum atomic E-state index is 0.197. The zero-order valence-electron chi connectivity index (χ0n) is 10.3. The Kier molecular flexibility index (Phi) is 4.57. The van der Waals surface area contributed by atoms with Crippen LogP contribution in [0.3, 0.4) is 0 Å². The number of ether oxygens (including phenoxy) is 1. The Morgan fingerprint density at radius 2 is 2.11 bits per heavy atom. The van der Waals surface area contributed by atoms with Gasteiger partial charge in [0.2, 0.25) is 0 Å². The molecule has 2 aromatic rings. The van der Waals surface area contributed by atoms with Crippen LogP contribution in [0.5, 0.6) is 5.75 Å². The molecule has 2 rings (SSSR count). The van der Waals surface area contributed by atoms with Gasteiger partial charge < -0.3 is 10.5 Å². The molecule has 0 fully saturated rings. The van der Waals surface area contributed by atoms with Crippen LogP contribution in [0.25, 0.3) is 0 Å². The normalized spacial score (nSPS) is 12.4. The molecule has 0 spiro atoms. The number of benzene rings is 1. The first-order valence-corrected chi connectivity index (χ1v) is 7.19. The second-order valence-electron chi connectivity index (χ2n) is 3.72. The van der Waals surface area contributed by atoms with Crippen molar-refractivity contribution in [1.82, 2.24) is 9.36 Å². The number of nitrogens with two attached hydrogens (primary N) is 1. The Bertz CT molecular complexity index is 498. The fraction of sp³-hybridized carbons (Fsp3) is 0.333. The molecular formula is C12H15N3OS2. The summed E-state index contributed by atoms with van der Waals surface area (Å²) in [7, 11) is 1.66. The summed E-state index contributed by atoms with van der Waals surface area (Å²) < 4.78 is 10.3. The molecule has 2 N–H and O–H groups in total. The molecule has 1 atom stereocenters. The Labute approximate surface area is 115 Å². The van der Waals surface area contributed by atoms with Gasteiger partial charge in [-0.15, -0.1) is 0 Å². The lowest BCUT2D eigenvalue weighted by molar-refractivity contribution is 0.414. The van der Waals surface area contributed by atoms with Crippen LogP contribution >= 0.6 is 23.3 Å². The second kappa shape index (κ2) is 6.17. The van der Waals surface area contributed by atoms with Gasteiger partial charge in [-0.2, -0.15) is 4.37 Å². The van der Waals surface area contributed by atoms with E-state index in [0.717, 1.165) is 15.9 Å². The number of nitrogens with zero attached hydrogens (tertiary/aromatic N) is 2. The maximum absolute atomic E-state index is 5.83. The molecule has 0 aliphatic rings. The van der Waals surface area contributed by atoms with Gasteiger partial charge in [0.05, 0.1) is 7.11 Å². The smallest absolute Gasteiger partial charge is 0.170 e. The number of rotatable bonds is 5. The fourth-order valence-corrected chi connectivity index (χ4v) is 3.39. The first kappa shape index (κ1) is 13.3. The van der Waals surface area contributed by atoms with E-state index in [1.165, 1.54) is 17.1 Å². The van der Waals surface area contributed by atoms with E-state index in [9.17, 15) is 0 Å². The van der Waals surface area contributed by atoms with Gasteiger partial charge in [-0.05, 0) is 36.2 Å². The van der Waals surface area contributed by atoms with Gasteiger partial charge in [0, 0.05) is 11.8 Å². The number of methoxy groups -OCH3 is 1. The van der Waals surface area contributed by atoms with Crippen LogP contribution in [-0.4, -0.2) is 23.0 Å². The van der Waals surface area contributed by atoms with Crippen LogP contribution in [0.15, 0.2) is 28.6 Å². The lowest BCUT2D eigenvalue weighted by atomic mass is 10.1. The van der Waals surface area contributed by atoms with Crippen LogP contribution in [0, 0.1) is 6.92 Å². The second-order valence-corrected chi connectivity index (χ2v) is 5.92. The highest BCUT2D eigenvalue weighted by molar-refractivity contribution is 8.01. The van der Waals surface area contributed by atoms with Crippen molar-refractivity contribution in [3.05, 3.63) is 35.7 Å². The van der Waals surface area contributed by atoms with E-state index < -0.39 is 0 Å². The molecule has 1 aromatic heterocycles. The third-order valence-corrected chi connectivity index (χ3v) is 4.61. The summed E-state index contributed by atoms with van der Waals surface area (Å²) in [6, 6.07) is 7.97. The van der Waals surface area contributed by atoms with Crippen LogP contribution in [0.2, 0.25) is 0 Å². The van der Waals surface area contributed by atoms with Crippen molar-refractivity contribution in [1.29, 1.82) is 0 Å². The van der Waals surface area contributed by atoms with Crippen molar-refractivity contribution in [2.75, 3.05) is 13.7 Å². The molecule has 0 aliphatic heterocycles. The molecular weight excluding hydrogens is 266 g/mol. The van der Waals surface area contributed by atoms with E-state index in [1.807, 2.05) is 31.2 Å². The predicted octanol–water partition coefficient (Wildman–Crippen LogP) is 2.65. The van der Waals surface area contributed by atoms with E-state index in [1.54, 1.807) is 18.9 Å². The van der Waals surface area contributed by atoms with Crippen molar-refractivity contribution in [2.24, 2.45) is 5.73 Å². The molecule has 0 amide bonds. The number of aromatic nitrogens is 2. The third kappa shape index (κ3) is 3.22. The summed E-state index contributed by atoms with van der Waals surface area (Å²) in [6.07, 6.45) is 0. The minimum absolute atomic E-state index is 0.197. The molecule has 1 unspecified atom stereocenters. The van der Waals surface area contributed by atoms with E-state index in [2.05, 4.69) is 9.36 Å². The molecule has 1 aromatic carbocycles. The maximum Gasteiger partial charge on any atom is 0.170 e. The summed E-state index contributed by atoms with van der Waals surface area (Å²) in [5, 5.41) is 0.197. The van der Waals surface area contributed by atoms with Crippen molar-refractivity contribution in [3.63, 3.8) is 0 Å². The Morgan fingerprint density at radius 1 is 1.39 bits per heavy atom. The number of aryl methyl sites for hydroxylation is 1. The molecule has 18 heavy (non-hydrogen) atoms. The quantitative estimate of drug-likeness (QED) is 0.854. The van der Waals surface area contributed by atoms with Crippen LogP contribution in [-0.2, 0) is 0 Å². The monoisotopic (exact) mass is 281 g/mol. The van der Waals surface area contributed by atoms with Crippen molar-refractivity contribution >= 4 is 23.3 Å². The van der Waals surface area contributed by atoms with E-state index >= 15 is 0 Å². The van der Waals surface area contributed by atoms with Gasteiger partial charge in [-0.25, -0.2) is 4.98 Å². The van der Waals surface area contributed by atoms with Gasteiger partial charge in [0.1, 0.15) is 11.6 Å². The standard InChI is InChI=1S/C12H15N3OS2/c1-8-14-12(18-15-8)17-11(7-13)9-3-5-10(16-2)6-4-9/h3-6,11H,7,13H2,1-2H3. The highest BCUT2D eigenvalue weighted by atomic mass is 32.2. The van der Waals surface area contributed by atoms with Crippen molar-refractivity contribution < 1.29 is 4.74 Å². The lowest BCUT2D eigenvalue weighted by Crippen LogP contribution is -2.09. The summed E-state index contributed by atoms with van der Waals surface area (Å²) in [5.74, 6) is 1.67. The Morgan fingerprint density at radius 3 is 2.61 bits per heavy atom. The first-order chi connectivity index (χ1) is 8.72. The van der Waals surface area contributed by atoms with Gasteiger partial charge in [-0.3, -0.25) is 0 Å². The van der Waals surface area contributed by atoms with Crippen LogP contribution in [0.1, 0.15) is 16.6 Å². The Hall–Kier alpha value is -1.11. The molecule has 0 saturated heterocycles. The molecule has 4 nitrogen and oxygen atoms in total. The zero-order chi connectivity index (χ0) is 13.0. The van der Waals surface area contributed by atoms with Crippen LogP contribution < -0.4 is 10.5 Å². The molecule has 1 heterocycles. The molecule has 0 aliphatic carbocycles. The summed E-state index contributed by atoms with van der Waals surface area (Å²) in [5.41, 5.74) is 7.01. The summed E-state index contributed by atoms with van der Waals surface area (Å²) >= 11 is 3.07. The molecule has 0 bridgehead atoms. The maximum atomic E-state index is 5.83. The van der Waals surface area contributed by atoms with E-state index in [4.69, 9.17) is 10.5 Å². The predicted molar refractivity (Wildman–Crippen MR) is 75.3 cm³/mol. The van der Waals surface area contributed by atoms with Crippen molar-refractivity contribution in [2.45, 2.75) is 16.5 Å². The largest absolute Gasteiger partial charge is 0.497 e. The van der Waals surface area contributed by atoms with Gasteiger partial charge >= 0.3 is 0 Å². The molecule has 6 heteroatoms. The fourth-order valence-electron chi connectivity index (χ4n) is 1.52. The summed E-state index contributed by atoms with van der Waals surface area (Å²) in [4.78, 5) is 4.35. The van der Waals surface area contributed by atoms with Crippen molar-refractivity contribution in [3.8, 4) is 5.75 Å². The molecule has 96 valence electrons. The SMILES string of the molecule is COc1ccc(C(CN)Sc2nc(C)ns2)cc1. The zero-order valence-corrected chi connectivity index (χ0v) is 11.9. The highest BCUT2D eigenvalue weighted by Crippen LogP contribution is 2.35. The Balaban J connectivity index is 2.12. The van der Waals surface area contributed by atoms with Gasteiger partial charge in [0.25, 0.3) is 0 Å². The van der Waals surface area contributed by atoms with Gasteiger partial charge in [-0.1, -0.05) is 23.9 Å². The number of hydrogen-bond donors (Lipinski definition) is 1. The van der Waals surface area contributed by atoms with E-state index in [-0.39, 0.29) is 5.25 Å².